The van der Waals surface area contributed by atoms with E-state index in [9.17, 15) is 13.2 Å². The molecule has 146 valence electrons. The van der Waals surface area contributed by atoms with Gasteiger partial charge in [0.1, 0.15) is 6.54 Å². The molecule has 0 aliphatic carbocycles. The van der Waals surface area contributed by atoms with E-state index in [4.69, 9.17) is 23.2 Å². The zero-order valence-corrected chi connectivity index (χ0v) is 17.9. The maximum Gasteiger partial charge on any atom is 0.241 e. The fourth-order valence-electron chi connectivity index (χ4n) is 2.62. The molecule has 0 aromatic heterocycles. The minimum Gasteiger partial charge on any atom is -0.348 e. The lowest BCUT2D eigenvalue weighted by Gasteiger charge is -2.24. The fourth-order valence-corrected chi connectivity index (χ4v) is 3.97. The van der Waals surface area contributed by atoms with Gasteiger partial charge < -0.3 is 5.32 Å². The van der Waals surface area contributed by atoms with Crippen LogP contribution in [0.5, 0.6) is 0 Å². The molecular formula is C19H22Cl2N2O3S. The first kappa shape index (κ1) is 21.5. The molecule has 5 nitrogen and oxygen atoms in total. The Bertz CT molecular complexity index is 941. The molecule has 1 atom stereocenters. The molecule has 0 unspecified atom stereocenters. The molecule has 1 amide bonds. The number of hydrogen-bond donors (Lipinski definition) is 1. The van der Waals surface area contributed by atoms with Crippen LogP contribution in [0.15, 0.2) is 36.4 Å². The molecule has 0 saturated carbocycles. The Morgan fingerprint density at radius 2 is 1.67 bits per heavy atom. The van der Waals surface area contributed by atoms with Crippen LogP contribution in [0.1, 0.15) is 29.7 Å². The van der Waals surface area contributed by atoms with Gasteiger partial charge in [-0.3, -0.25) is 9.10 Å². The first-order valence-electron chi connectivity index (χ1n) is 8.27. The van der Waals surface area contributed by atoms with E-state index < -0.39 is 15.9 Å². The highest BCUT2D eigenvalue weighted by molar-refractivity contribution is 7.92. The topological polar surface area (TPSA) is 66.5 Å². The van der Waals surface area contributed by atoms with Crippen LogP contribution >= 0.6 is 23.2 Å². The van der Waals surface area contributed by atoms with E-state index in [1.165, 1.54) is 23.8 Å². The molecule has 0 fully saturated rings. The second-order valence-corrected chi connectivity index (χ2v) is 9.31. The lowest BCUT2D eigenvalue weighted by Crippen LogP contribution is -2.41. The van der Waals surface area contributed by atoms with Crippen molar-refractivity contribution in [1.82, 2.24) is 5.32 Å². The second kappa shape index (κ2) is 8.50. The number of nitrogens with zero attached hydrogens (tertiary/aromatic N) is 1. The molecule has 8 heteroatoms. The van der Waals surface area contributed by atoms with Gasteiger partial charge in [0.25, 0.3) is 0 Å². The summed E-state index contributed by atoms with van der Waals surface area (Å²) in [6.45, 7) is 5.50. The zero-order chi connectivity index (χ0) is 20.4. The number of carbonyl (C=O) groups excluding carboxylic acids is 1. The number of carbonyl (C=O) groups is 1. The van der Waals surface area contributed by atoms with Crippen molar-refractivity contribution >= 4 is 44.8 Å². The smallest absolute Gasteiger partial charge is 0.241 e. The maximum absolute atomic E-state index is 12.5. The lowest BCUT2D eigenvalue weighted by atomic mass is 10.0. The minimum atomic E-state index is -3.70. The average Bonchev–Trinajstić information content (AvgIpc) is 2.53. The van der Waals surface area contributed by atoms with Gasteiger partial charge in [-0.2, -0.15) is 0 Å². The van der Waals surface area contributed by atoms with Crippen LogP contribution < -0.4 is 9.62 Å². The Morgan fingerprint density at radius 1 is 1.07 bits per heavy atom. The normalized spacial score (nSPS) is 12.5. The molecule has 0 aliphatic rings. The van der Waals surface area contributed by atoms with Gasteiger partial charge in [0, 0.05) is 10.0 Å². The monoisotopic (exact) mass is 428 g/mol. The molecule has 2 aromatic rings. The van der Waals surface area contributed by atoms with Gasteiger partial charge in [-0.15, -0.1) is 0 Å². The van der Waals surface area contributed by atoms with Gasteiger partial charge >= 0.3 is 0 Å². The van der Waals surface area contributed by atoms with Gasteiger partial charge in [0.2, 0.25) is 15.9 Å². The SMILES string of the molecule is Cc1ccc([C@H](C)NC(=O)CN(c2cc(Cl)cc(Cl)c2)S(C)(=O)=O)cc1C. The van der Waals surface area contributed by atoms with Gasteiger partial charge in [-0.25, -0.2) is 8.42 Å². The summed E-state index contributed by atoms with van der Waals surface area (Å²) in [6.07, 6.45) is 1.03. The molecule has 0 saturated heterocycles. The van der Waals surface area contributed by atoms with E-state index in [2.05, 4.69) is 5.32 Å². The molecule has 0 aliphatic heterocycles. The fraction of sp³-hybridized carbons (Fsp3) is 0.316. The van der Waals surface area contributed by atoms with E-state index in [-0.39, 0.29) is 28.3 Å². The molecular weight excluding hydrogens is 407 g/mol. The van der Waals surface area contributed by atoms with Crippen LogP contribution in [-0.2, 0) is 14.8 Å². The predicted octanol–water partition coefficient (Wildman–Crippen LogP) is 4.25. The Balaban J connectivity index is 2.20. The van der Waals surface area contributed by atoms with Crippen LogP contribution in [0.2, 0.25) is 10.0 Å². The minimum absolute atomic E-state index is 0.240. The van der Waals surface area contributed by atoms with Gasteiger partial charge in [-0.1, -0.05) is 41.4 Å². The van der Waals surface area contributed by atoms with Crippen LogP contribution in [-0.4, -0.2) is 27.1 Å². The third kappa shape index (κ3) is 5.86. The summed E-state index contributed by atoms with van der Waals surface area (Å²) >= 11 is 11.9. The molecule has 0 spiro atoms. The summed E-state index contributed by atoms with van der Waals surface area (Å²) in [4.78, 5) is 12.5. The number of halogens is 2. The van der Waals surface area contributed by atoms with Gasteiger partial charge in [-0.05, 0) is 55.7 Å². The van der Waals surface area contributed by atoms with Crippen molar-refractivity contribution in [2.45, 2.75) is 26.8 Å². The van der Waals surface area contributed by atoms with E-state index in [1.54, 1.807) is 0 Å². The lowest BCUT2D eigenvalue weighted by molar-refractivity contribution is -0.120. The van der Waals surface area contributed by atoms with Gasteiger partial charge in [0.05, 0.1) is 18.0 Å². The Kier molecular flexibility index (Phi) is 6.78. The van der Waals surface area contributed by atoms with Gasteiger partial charge in [0.15, 0.2) is 0 Å². The predicted molar refractivity (Wildman–Crippen MR) is 111 cm³/mol. The first-order valence-corrected chi connectivity index (χ1v) is 10.9. The summed E-state index contributed by atoms with van der Waals surface area (Å²) < 4.78 is 25.4. The van der Waals surface area contributed by atoms with Crippen molar-refractivity contribution in [1.29, 1.82) is 0 Å². The third-order valence-corrected chi connectivity index (χ3v) is 5.81. The first-order chi connectivity index (χ1) is 12.5. The number of hydrogen-bond acceptors (Lipinski definition) is 3. The highest BCUT2D eigenvalue weighted by atomic mass is 35.5. The highest BCUT2D eigenvalue weighted by Gasteiger charge is 2.22. The highest BCUT2D eigenvalue weighted by Crippen LogP contribution is 2.27. The molecule has 0 radical (unpaired) electrons. The standard InChI is InChI=1S/C19H22Cl2N2O3S/c1-12-5-6-15(7-13(12)2)14(3)22-19(24)11-23(27(4,25)26)18-9-16(20)8-17(21)10-18/h5-10,14H,11H2,1-4H3,(H,22,24)/t14-/m0/s1. The van der Waals surface area contributed by atoms with Crippen LogP contribution in [0.3, 0.4) is 0 Å². The van der Waals surface area contributed by atoms with Crippen LogP contribution in [0, 0.1) is 13.8 Å². The second-order valence-electron chi connectivity index (χ2n) is 6.53. The van der Waals surface area contributed by atoms with Crippen molar-refractivity contribution in [3.8, 4) is 0 Å². The van der Waals surface area contributed by atoms with Crippen molar-refractivity contribution in [2.75, 3.05) is 17.1 Å². The summed E-state index contributed by atoms with van der Waals surface area (Å²) in [7, 11) is -3.70. The van der Waals surface area contributed by atoms with Crippen molar-refractivity contribution in [3.05, 3.63) is 63.1 Å². The van der Waals surface area contributed by atoms with E-state index >= 15 is 0 Å². The summed E-state index contributed by atoms with van der Waals surface area (Å²) in [5.74, 6) is -0.428. The van der Waals surface area contributed by atoms with E-state index in [1.807, 2.05) is 39.0 Å². The summed E-state index contributed by atoms with van der Waals surface area (Å²) in [5, 5.41) is 3.41. The molecule has 2 rings (SSSR count). The Morgan fingerprint density at radius 3 is 2.19 bits per heavy atom. The molecule has 0 bridgehead atoms. The van der Waals surface area contributed by atoms with Crippen molar-refractivity contribution < 1.29 is 13.2 Å². The van der Waals surface area contributed by atoms with E-state index in [0.29, 0.717) is 0 Å². The number of rotatable bonds is 6. The Labute approximate surface area is 170 Å². The van der Waals surface area contributed by atoms with Crippen molar-refractivity contribution in [2.24, 2.45) is 0 Å². The summed E-state index contributed by atoms with van der Waals surface area (Å²) in [5.41, 5.74) is 3.48. The third-order valence-electron chi connectivity index (χ3n) is 4.23. The van der Waals surface area contributed by atoms with Crippen molar-refractivity contribution in [3.63, 3.8) is 0 Å². The number of benzene rings is 2. The summed E-state index contributed by atoms with van der Waals surface area (Å²) in [6, 6.07) is 10.1. The molecule has 2 aromatic carbocycles. The van der Waals surface area contributed by atoms with Crippen LogP contribution in [0.4, 0.5) is 5.69 Å². The van der Waals surface area contributed by atoms with E-state index in [0.717, 1.165) is 21.7 Å². The number of amides is 1. The largest absolute Gasteiger partial charge is 0.348 e. The van der Waals surface area contributed by atoms with Crippen LogP contribution in [0.25, 0.3) is 0 Å². The molecule has 0 heterocycles. The molecule has 1 N–H and O–H groups in total. The zero-order valence-electron chi connectivity index (χ0n) is 15.6. The number of anilines is 1. The quantitative estimate of drug-likeness (QED) is 0.747. The number of nitrogens with one attached hydrogen (secondary N) is 1. The maximum atomic E-state index is 12.5. The number of sulfonamides is 1. The average molecular weight is 429 g/mol. The molecule has 27 heavy (non-hydrogen) atoms. The number of aryl methyl sites for hydroxylation is 2. The Hall–Kier alpha value is -1.76.